The van der Waals surface area contributed by atoms with E-state index in [9.17, 15) is 0 Å². The summed E-state index contributed by atoms with van der Waals surface area (Å²) in [6, 6.07) is 78.1. The van der Waals surface area contributed by atoms with Gasteiger partial charge in [-0.05, 0) is 98.1 Å². The molecule has 9 aromatic carbocycles. The summed E-state index contributed by atoms with van der Waals surface area (Å²) in [4.78, 5) is 15.8. The SMILES string of the molecule is c1ccc(-c2cc(-c3ccccc3)cc(-c3nc(-c4ccc(-c5ccccc5)c(-c5ccccc5)c4)nc(-c4ccc5c(c4)oc4cccc(-c6ccccc6)c45)n3)c2)cc1. The van der Waals surface area contributed by atoms with Gasteiger partial charge in [-0.1, -0.05) is 182 Å². The van der Waals surface area contributed by atoms with E-state index in [1.807, 2.05) is 24.3 Å². The Kier molecular flexibility index (Phi) is 9.14. The molecule has 0 aliphatic heterocycles. The minimum atomic E-state index is 0.561. The summed E-state index contributed by atoms with van der Waals surface area (Å²) in [5, 5.41) is 2.13. The van der Waals surface area contributed by atoms with Crippen molar-refractivity contribution in [3.05, 3.63) is 224 Å². The molecule has 0 aliphatic rings. The molecule has 2 aromatic heterocycles. The zero-order valence-corrected chi connectivity index (χ0v) is 33.1. The Balaban J connectivity index is 1.13. The van der Waals surface area contributed by atoms with Crippen LogP contribution in [0.5, 0.6) is 0 Å². The third-order valence-corrected chi connectivity index (χ3v) is 11.3. The predicted molar refractivity (Wildman–Crippen MR) is 251 cm³/mol. The molecule has 2 heterocycles. The van der Waals surface area contributed by atoms with Crippen molar-refractivity contribution in [2.45, 2.75) is 0 Å². The molecule has 0 N–H and O–H groups in total. The van der Waals surface area contributed by atoms with E-state index in [2.05, 4.69) is 200 Å². The van der Waals surface area contributed by atoms with E-state index >= 15 is 0 Å². The van der Waals surface area contributed by atoms with E-state index in [1.54, 1.807) is 0 Å². The van der Waals surface area contributed by atoms with Crippen molar-refractivity contribution in [1.82, 2.24) is 15.0 Å². The van der Waals surface area contributed by atoms with Crippen molar-refractivity contribution in [2.75, 3.05) is 0 Å². The number of fused-ring (bicyclic) bond motifs is 3. The molecule has 0 saturated heterocycles. The lowest BCUT2D eigenvalue weighted by Crippen LogP contribution is -2.01. The van der Waals surface area contributed by atoms with Gasteiger partial charge in [0.2, 0.25) is 0 Å². The number of rotatable bonds is 8. The molecule has 0 radical (unpaired) electrons. The van der Waals surface area contributed by atoms with Gasteiger partial charge in [0.15, 0.2) is 17.5 Å². The van der Waals surface area contributed by atoms with Crippen molar-refractivity contribution in [2.24, 2.45) is 0 Å². The van der Waals surface area contributed by atoms with Crippen LogP contribution in [0.1, 0.15) is 0 Å². The molecule has 4 heteroatoms. The first-order chi connectivity index (χ1) is 30.2. The number of hydrogen-bond acceptors (Lipinski definition) is 4. The number of aromatic nitrogens is 3. The average Bonchev–Trinajstić information content (AvgIpc) is 3.73. The first kappa shape index (κ1) is 35.9. The molecule has 0 aliphatic carbocycles. The highest BCUT2D eigenvalue weighted by Gasteiger charge is 2.19. The monoisotopic (exact) mass is 779 g/mol. The van der Waals surface area contributed by atoms with Crippen LogP contribution < -0.4 is 0 Å². The number of benzene rings is 9. The molecule has 11 aromatic rings. The van der Waals surface area contributed by atoms with Crippen molar-refractivity contribution in [1.29, 1.82) is 0 Å². The van der Waals surface area contributed by atoms with Crippen molar-refractivity contribution >= 4 is 21.9 Å². The summed E-state index contributed by atoms with van der Waals surface area (Å²) in [5.74, 6) is 1.73. The van der Waals surface area contributed by atoms with Crippen LogP contribution >= 0.6 is 0 Å². The molecule has 11 rings (SSSR count). The first-order valence-electron chi connectivity index (χ1n) is 20.5. The molecular weight excluding hydrogens is 743 g/mol. The third-order valence-electron chi connectivity index (χ3n) is 11.3. The quantitative estimate of drug-likeness (QED) is 0.154. The van der Waals surface area contributed by atoms with E-state index in [0.717, 1.165) is 94.3 Å². The number of furan rings is 1. The summed E-state index contributed by atoms with van der Waals surface area (Å²) in [5.41, 5.74) is 15.4. The van der Waals surface area contributed by atoms with Crippen LogP contribution in [0.25, 0.3) is 112 Å². The fourth-order valence-electron chi connectivity index (χ4n) is 8.35. The summed E-state index contributed by atoms with van der Waals surface area (Å²) in [6.45, 7) is 0. The molecular formula is C57H37N3O. The number of hydrogen-bond donors (Lipinski definition) is 0. The van der Waals surface area contributed by atoms with E-state index in [-0.39, 0.29) is 0 Å². The molecule has 0 atom stereocenters. The van der Waals surface area contributed by atoms with Crippen LogP contribution in [0, 0.1) is 0 Å². The fourth-order valence-corrected chi connectivity index (χ4v) is 8.35. The summed E-state index contributed by atoms with van der Waals surface area (Å²) in [6.07, 6.45) is 0. The van der Waals surface area contributed by atoms with Gasteiger partial charge in [-0.15, -0.1) is 0 Å². The van der Waals surface area contributed by atoms with E-state index in [4.69, 9.17) is 19.4 Å². The van der Waals surface area contributed by atoms with Crippen LogP contribution in [-0.2, 0) is 0 Å². The van der Waals surface area contributed by atoms with E-state index in [0.29, 0.717) is 17.5 Å². The third kappa shape index (κ3) is 6.96. The Morgan fingerprint density at radius 1 is 0.246 bits per heavy atom. The molecule has 0 spiro atoms. The molecule has 286 valence electrons. The highest BCUT2D eigenvalue weighted by atomic mass is 16.3. The van der Waals surface area contributed by atoms with Gasteiger partial charge in [0.05, 0.1) is 0 Å². The lowest BCUT2D eigenvalue weighted by Gasteiger charge is -2.14. The zero-order valence-electron chi connectivity index (χ0n) is 33.1. The topological polar surface area (TPSA) is 51.8 Å². The highest BCUT2D eigenvalue weighted by Crippen LogP contribution is 2.40. The van der Waals surface area contributed by atoms with Crippen LogP contribution in [0.3, 0.4) is 0 Å². The van der Waals surface area contributed by atoms with E-state index in [1.165, 1.54) is 0 Å². The van der Waals surface area contributed by atoms with Gasteiger partial charge in [0.1, 0.15) is 11.2 Å². The lowest BCUT2D eigenvalue weighted by molar-refractivity contribution is 0.669. The Hall–Kier alpha value is -8.21. The lowest BCUT2D eigenvalue weighted by atomic mass is 9.92. The van der Waals surface area contributed by atoms with Gasteiger partial charge in [-0.25, -0.2) is 15.0 Å². The normalized spacial score (nSPS) is 11.3. The van der Waals surface area contributed by atoms with Crippen LogP contribution in [0.4, 0.5) is 0 Å². The van der Waals surface area contributed by atoms with Crippen molar-refractivity contribution in [3.8, 4) is 89.8 Å². The molecule has 61 heavy (non-hydrogen) atoms. The van der Waals surface area contributed by atoms with Gasteiger partial charge in [-0.3, -0.25) is 0 Å². The molecule has 4 nitrogen and oxygen atoms in total. The standard InChI is InChI=1S/C57H37N3O/c1-6-17-38(18-7-1)45-33-46(39-19-8-2-9-20-39)35-47(34-45)57-59-55(43-29-31-48(40-21-10-3-11-22-40)51(36-43)42-25-14-5-15-26-42)58-56(60-57)44-30-32-50-53(37-44)61-52-28-16-27-49(54(50)52)41-23-12-4-13-24-41/h1-37H. The summed E-state index contributed by atoms with van der Waals surface area (Å²) in [7, 11) is 0. The van der Waals surface area contributed by atoms with Crippen LogP contribution in [-0.4, -0.2) is 15.0 Å². The van der Waals surface area contributed by atoms with E-state index < -0.39 is 0 Å². The van der Waals surface area contributed by atoms with Crippen LogP contribution in [0.2, 0.25) is 0 Å². The molecule has 0 fully saturated rings. The van der Waals surface area contributed by atoms with Gasteiger partial charge in [-0.2, -0.15) is 0 Å². The molecule has 0 amide bonds. The maximum atomic E-state index is 6.58. The van der Waals surface area contributed by atoms with Crippen molar-refractivity contribution in [3.63, 3.8) is 0 Å². The van der Waals surface area contributed by atoms with Crippen LogP contribution in [0.15, 0.2) is 229 Å². The minimum Gasteiger partial charge on any atom is -0.456 e. The Labute approximate surface area is 354 Å². The average molecular weight is 780 g/mol. The zero-order chi connectivity index (χ0) is 40.5. The Bertz CT molecular complexity index is 3270. The first-order valence-corrected chi connectivity index (χ1v) is 20.5. The van der Waals surface area contributed by atoms with Crippen molar-refractivity contribution < 1.29 is 4.42 Å². The largest absolute Gasteiger partial charge is 0.456 e. The van der Waals surface area contributed by atoms with Gasteiger partial charge >= 0.3 is 0 Å². The maximum absolute atomic E-state index is 6.58. The summed E-state index contributed by atoms with van der Waals surface area (Å²) >= 11 is 0. The molecule has 0 saturated carbocycles. The maximum Gasteiger partial charge on any atom is 0.164 e. The fraction of sp³-hybridized carbons (Fsp3) is 0. The number of nitrogens with zero attached hydrogens (tertiary/aromatic N) is 3. The summed E-state index contributed by atoms with van der Waals surface area (Å²) < 4.78 is 6.58. The van der Waals surface area contributed by atoms with Gasteiger partial charge in [0, 0.05) is 27.5 Å². The predicted octanol–water partition coefficient (Wildman–Crippen LogP) is 15.1. The van der Waals surface area contributed by atoms with Gasteiger partial charge in [0.25, 0.3) is 0 Å². The van der Waals surface area contributed by atoms with Gasteiger partial charge < -0.3 is 4.42 Å². The minimum absolute atomic E-state index is 0.561. The second-order valence-electron chi connectivity index (χ2n) is 15.2. The smallest absolute Gasteiger partial charge is 0.164 e. The second kappa shape index (κ2) is 15.5. The Morgan fingerprint density at radius 3 is 1.25 bits per heavy atom. The second-order valence-corrected chi connectivity index (χ2v) is 15.2. The molecule has 0 bridgehead atoms. The highest BCUT2D eigenvalue weighted by molar-refractivity contribution is 6.13. The Morgan fingerprint density at radius 2 is 0.689 bits per heavy atom. The molecule has 0 unspecified atom stereocenters.